The van der Waals surface area contributed by atoms with Crippen molar-refractivity contribution in [2.75, 3.05) is 19.8 Å². The first-order valence-corrected chi connectivity index (χ1v) is 12.5. The standard InChI is InChI=1S/C25H46O2/c1-2-3-4-8-22-11-14-25(20-22)27-17-6-5-7-21-9-12-23(13-10-21)24-15-18-26-19-16-24/h21-25H,2-20H2,1H3. The molecule has 1 aliphatic heterocycles. The van der Waals surface area contributed by atoms with E-state index < -0.39 is 0 Å². The van der Waals surface area contributed by atoms with E-state index in [-0.39, 0.29) is 0 Å². The van der Waals surface area contributed by atoms with Crippen LogP contribution in [0.1, 0.15) is 110 Å². The van der Waals surface area contributed by atoms with Crippen LogP contribution in [0.5, 0.6) is 0 Å². The molecule has 2 nitrogen and oxygen atoms in total. The molecule has 2 atom stereocenters. The Kier molecular flexibility index (Phi) is 9.99. The second kappa shape index (κ2) is 12.5. The predicted molar refractivity (Wildman–Crippen MR) is 114 cm³/mol. The highest BCUT2D eigenvalue weighted by Gasteiger charge is 2.28. The highest BCUT2D eigenvalue weighted by Crippen LogP contribution is 2.39. The first-order chi connectivity index (χ1) is 13.3. The lowest BCUT2D eigenvalue weighted by Gasteiger charge is -2.35. The van der Waals surface area contributed by atoms with Crippen molar-refractivity contribution in [1.82, 2.24) is 0 Å². The first kappa shape index (κ1) is 21.6. The van der Waals surface area contributed by atoms with Gasteiger partial charge in [-0.2, -0.15) is 0 Å². The second-order valence-corrected chi connectivity index (χ2v) is 9.89. The van der Waals surface area contributed by atoms with Crippen LogP contribution in [0.25, 0.3) is 0 Å². The van der Waals surface area contributed by atoms with Crippen molar-refractivity contribution in [3.05, 3.63) is 0 Å². The summed E-state index contributed by atoms with van der Waals surface area (Å²) in [5, 5.41) is 0. The average molecular weight is 379 g/mol. The smallest absolute Gasteiger partial charge is 0.0577 e. The summed E-state index contributed by atoms with van der Waals surface area (Å²) < 4.78 is 11.8. The largest absolute Gasteiger partial charge is 0.381 e. The van der Waals surface area contributed by atoms with E-state index in [2.05, 4.69) is 6.92 Å². The van der Waals surface area contributed by atoms with Gasteiger partial charge in [0.25, 0.3) is 0 Å². The number of unbranched alkanes of at least 4 members (excludes halogenated alkanes) is 3. The maximum Gasteiger partial charge on any atom is 0.0577 e. The van der Waals surface area contributed by atoms with Crippen molar-refractivity contribution in [3.63, 3.8) is 0 Å². The van der Waals surface area contributed by atoms with Gasteiger partial charge in [-0.3, -0.25) is 0 Å². The van der Waals surface area contributed by atoms with Crippen molar-refractivity contribution < 1.29 is 9.47 Å². The molecule has 158 valence electrons. The number of hydrogen-bond donors (Lipinski definition) is 0. The second-order valence-electron chi connectivity index (χ2n) is 9.89. The normalized spacial score (nSPS) is 32.8. The zero-order valence-corrected chi connectivity index (χ0v) is 18.1. The molecule has 0 aromatic rings. The molecule has 0 bridgehead atoms. The van der Waals surface area contributed by atoms with Crippen LogP contribution in [0.3, 0.4) is 0 Å². The molecule has 0 N–H and O–H groups in total. The molecule has 3 fully saturated rings. The molecule has 1 saturated heterocycles. The molecular weight excluding hydrogens is 332 g/mol. The molecule has 0 radical (unpaired) electrons. The minimum absolute atomic E-state index is 0.589. The minimum Gasteiger partial charge on any atom is -0.381 e. The van der Waals surface area contributed by atoms with Gasteiger partial charge in [-0.05, 0) is 75.0 Å². The van der Waals surface area contributed by atoms with E-state index in [9.17, 15) is 0 Å². The summed E-state index contributed by atoms with van der Waals surface area (Å²) in [5.41, 5.74) is 0. The van der Waals surface area contributed by atoms with Gasteiger partial charge >= 0.3 is 0 Å². The molecule has 3 aliphatic rings. The molecule has 1 heterocycles. The molecule has 0 aromatic heterocycles. The molecular formula is C25H46O2. The number of ether oxygens (including phenoxy) is 2. The van der Waals surface area contributed by atoms with Crippen molar-refractivity contribution in [1.29, 1.82) is 0 Å². The number of rotatable bonds is 11. The van der Waals surface area contributed by atoms with Crippen LogP contribution in [-0.4, -0.2) is 25.9 Å². The summed E-state index contributed by atoms with van der Waals surface area (Å²) in [6, 6.07) is 0. The fourth-order valence-electron chi connectivity index (χ4n) is 6.05. The summed E-state index contributed by atoms with van der Waals surface area (Å²) in [4.78, 5) is 0. The van der Waals surface area contributed by atoms with Crippen LogP contribution >= 0.6 is 0 Å². The zero-order chi connectivity index (χ0) is 18.7. The van der Waals surface area contributed by atoms with Crippen LogP contribution in [0.4, 0.5) is 0 Å². The lowest BCUT2D eigenvalue weighted by Crippen LogP contribution is -2.27. The zero-order valence-electron chi connectivity index (χ0n) is 18.1. The minimum atomic E-state index is 0.589. The Morgan fingerprint density at radius 2 is 1.37 bits per heavy atom. The Hall–Kier alpha value is -0.0800. The van der Waals surface area contributed by atoms with Crippen LogP contribution in [0.2, 0.25) is 0 Å². The molecule has 3 rings (SSSR count). The molecule has 2 unspecified atom stereocenters. The third kappa shape index (κ3) is 7.69. The predicted octanol–water partition coefficient (Wildman–Crippen LogP) is 7.16. The molecule has 2 aliphatic carbocycles. The highest BCUT2D eigenvalue weighted by molar-refractivity contribution is 4.79. The number of hydrogen-bond acceptors (Lipinski definition) is 2. The Morgan fingerprint density at radius 3 is 2.15 bits per heavy atom. The van der Waals surface area contributed by atoms with Crippen molar-refractivity contribution >= 4 is 0 Å². The Bertz CT molecular complexity index is 369. The van der Waals surface area contributed by atoms with Gasteiger partial charge in [-0.15, -0.1) is 0 Å². The van der Waals surface area contributed by atoms with Crippen molar-refractivity contribution in [2.45, 2.75) is 116 Å². The molecule has 0 spiro atoms. The fourth-order valence-corrected chi connectivity index (χ4v) is 6.05. The Labute approximate surface area is 169 Å². The van der Waals surface area contributed by atoms with Crippen LogP contribution < -0.4 is 0 Å². The fraction of sp³-hybridized carbons (Fsp3) is 1.00. The van der Waals surface area contributed by atoms with E-state index in [1.807, 2.05) is 0 Å². The van der Waals surface area contributed by atoms with E-state index >= 15 is 0 Å². The summed E-state index contributed by atoms with van der Waals surface area (Å²) in [6.07, 6.45) is 23.1. The van der Waals surface area contributed by atoms with E-state index in [4.69, 9.17) is 9.47 Å². The third-order valence-corrected chi connectivity index (χ3v) is 7.89. The van der Waals surface area contributed by atoms with Gasteiger partial charge < -0.3 is 9.47 Å². The highest BCUT2D eigenvalue weighted by atomic mass is 16.5. The van der Waals surface area contributed by atoms with Gasteiger partial charge in [0.05, 0.1) is 6.10 Å². The summed E-state index contributed by atoms with van der Waals surface area (Å²) >= 11 is 0. The maximum absolute atomic E-state index is 6.21. The van der Waals surface area contributed by atoms with Gasteiger partial charge in [-0.1, -0.05) is 58.3 Å². The van der Waals surface area contributed by atoms with E-state index in [1.165, 1.54) is 103 Å². The lowest BCUT2D eigenvalue weighted by molar-refractivity contribution is 0.0342. The topological polar surface area (TPSA) is 18.5 Å². The van der Waals surface area contributed by atoms with Crippen LogP contribution in [-0.2, 0) is 9.47 Å². The monoisotopic (exact) mass is 378 g/mol. The van der Waals surface area contributed by atoms with Gasteiger partial charge in [0.2, 0.25) is 0 Å². The van der Waals surface area contributed by atoms with Crippen LogP contribution in [0.15, 0.2) is 0 Å². The van der Waals surface area contributed by atoms with E-state index in [0.29, 0.717) is 6.10 Å². The van der Waals surface area contributed by atoms with Crippen molar-refractivity contribution in [3.8, 4) is 0 Å². The summed E-state index contributed by atoms with van der Waals surface area (Å²) in [6.45, 7) is 5.36. The van der Waals surface area contributed by atoms with E-state index in [1.54, 1.807) is 0 Å². The summed E-state index contributed by atoms with van der Waals surface area (Å²) in [5.74, 6) is 3.97. The summed E-state index contributed by atoms with van der Waals surface area (Å²) in [7, 11) is 0. The Morgan fingerprint density at radius 1 is 0.704 bits per heavy atom. The van der Waals surface area contributed by atoms with E-state index in [0.717, 1.165) is 43.5 Å². The lowest BCUT2D eigenvalue weighted by atomic mass is 9.72. The Balaban J connectivity index is 1.17. The SMILES string of the molecule is CCCCCC1CCC(OCCCCC2CCC(C3CCOCC3)CC2)C1. The average Bonchev–Trinajstić information content (AvgIpc) is 3.17. The molecule has 0 amide bonds. The molecule has 2 heteroatoms. The molecule has 2 saturated carbocycles. The van der Waals surface area contributed by atoms with Crippen LogP contribution in [0, 0.1) is 23.7 Å². The van der Waals surface area contributed by atoms with Gasteiger partial charge in [0, 0.05) is 19.8 Å². The quantitative estimate of drug-likeness (QED) is 0.355. The maximum atomic E-state index is 6.21. The molecule has 27 heavy (non-hydrogen) atoms. The van der Waals surface area contributed by atoms with Gasteiger partial charge in [-0.25, -0.2) is 0 Å². The van der Waals surface area contributed by atoms with Gasteiger partial charge in [0.15, 0.2) is 0 Å². The molecule has 0 aromatic carbocycles. The third-order valence-electron chi connectivity index (χ3n) is 7.89. The first-order valence-electron chi connectivity index (χ1n) is 12.5. The van der Waals surface area contributed by atoms with Crippen molar-refractivity contribution in [2.24, 2.45) is 23.7 Å². The van der Waals surface area contributed by atoms with Gasteiger partial charge in [0.1, 0.15) is 0 Å².